The van der Waals surface area contributed by atoms with E-state index in [9.17, 15) is 5.11 Å². The average Bonchev–Trinajstić information content (AvgIpc) is 3.08. The zero-order chi connectivity index (χ0) is 14.2. The minimum absolute atomic E-state index is 0.0598. The molecule has 0 aromatic carbocycles. The molecular weight excluding hydrogens is 262 g/mol. The minimum Gasteiger partial charge on any atom is -0.393 e. The van der Waals surface area contributed by atoms with Gasteiger partial charge in [-0.2, -0.15) is 0 Å². The number of imidazole rings is 1. The van der Waals surface area contributed by atoms with Crippen molar-refractivity contribution in [1.82, 2.24) is 14.5 Å². The standard InChI is InChI=1S/C17H21N3O/c21-13-6-3-12(4-7-13)5-8-15-17-14(2-1-9-19-17)16-10-18-11-20(15)16/h1-2,9-13,15,21H,3-8H2. The predicted molar refractivity (Wildman–Crippen MR) is 80.8 cm³/mol. The van der Waals surface area contributed by atoms with Crippen LogP contribution in [0.4, 0.5) is 0 Å². The molecule has 1 aliphatic heterocycles. The number of rotatable bonds is 3. The fraction of sp³-hybridized carbons (Fsp3) is 0.529. The first-order valence-electron chi connectivity index (χ1n) is 7.98. The molecule has 1 unspecified atom stereocenters. The molecule has 4 rings (SSSR count). The van der Waals surface area contributed by atoms with Gasteiger partial charge in [0.25, 0.3) is 0 Å². The van der Waals surface area contributed by atoms with Crippen LogP contribution in [0.5, 0.6) is 0 Å². The van der Waals surface area contributed by atoms with E-state index in [0.717, 1.165) is 25.2 Å². The molecule has 0 amide bonds. The summed E-state index contributed by atoms with van der Waals surface area (Å²) < 4.78 is 2.27. The lowest BCUT2D eigenvalue weighted by Gasteiger charge is -2.26. The van der Waals surface area contributed by atoms with Gasteiger partial charge in [-0.25, -0.2) is 4.98 Å². The summed E-state index contributed by atoms with van der Waals surface area (Å²) >= 11 is 0. The summed E-state index contributed by atoms with van der Waals surface area (Å²) in [5, 5.41) is 9.62. The van der Waals surface area contributed by atoms with E-state index < -0.39 is 0 Å². The second-order valence-electron chi connectivity index (χ2n) is 6.39. The molecular formula is C17H21N3O. The Balaban J connectivity index is 1.51. The van der Waals surface area contributed by atoms with Crippen molar-refractivity contribution in [2.24, 2.45) is 5.92 Å². The molecule has 0 bridgehead atoms. The SMILES string of the molecule is OC1CCC(CCC2c3ncccc3-c3cncn32)CC1. The van der Waals surface area contributed by atoms with Crippen LogP contribution in [0.2, 0.25) is 0 Å². The van der Waals surface area contributed by atoms with E-state index in [0.29, 0.717) is 6.04 Å². The van der Waals surface area contributed by atoms with Crippen LogP contribution in [-0.2, 0) is 0 Å². The Morgan fingerprint density at radius 3 is 2.90 bits per heavy atom. The van der Waals surface area contributed by atoms with E-state index in [4.69, 9.17) is 0 Å². The van der Waals surface area contributed by atoms with Crippen LogP contribution in [0.1, 0.15) is 50.3 Å². The van der Waals surface area contributed by atoms with Gasteiger partial charge in [-0.3, -0.25) is 4.98 Å². The number of aliphatic hydroxyl groups excluding tert-OH is 1. The molecule has 1 fully saturated rings. The first-order valence-corrected chi connectivity index (χ1v) is 7.98. The first kappa shape index (κ1) is 13.0. The Hall–Kier alpha value is -1.68. The van der Waals surface area contributed by atoms with Gasteiger partial charge < -0.3 is 9.67 Å². The van der Waals surface area contributed by atoms with E-state index in [1.54, 1.807) is 0 Å². The maximum absolute atomic E-state index is 9.62. The lowest BCUT2D eigenvalue weighted by Crippen LogP contribution is -2.19. The van der Waals surface area contributed by atoms with Crippen molar-refractivity contribution < 1.29 is 5.11 Å². The summed E-state index contributed by atoms with van der Waals surface area (Å²) in [5.41, 5.74) is 3.63. The van der Waals surface area contributed by atoms with Gasteiger partial charge in [-0.15, -0.1) is 0 Å². The van der Waals surface area contributed by atoms with E-state index in [1.807, 2.05) is 24.8 Å². The third-order valence-electron chi connectivity index (χ3n) is 5.10. The quantitative estimate of drug-likeness (QED) is 0.941. The molecule has 1 atom stereocenters. The largest absolute Gasteiger partial charge is 0.393 e. The molecule has 2 aliphatic rings. The van der Waals surface area contributed by atoms with Gasteiger partial charge in [0.2, 0.25) is 0 Å². The lowest BCUT2D eigenvalue weighted by atomic mass is 9.83. The number of hydrogen-bond donors (Lipinski definition) is 1. The second kappa shape index (κ2) is 5.26. The summed E-state index contributed by atoms with van der Waals surface area (Å²) in [6.45, 7) is 0. The number of pyridine rings is 1. The number of nitrogens with zero attached hydrogens (tertiary/aromatic N) is 3. The summed E-state index contributed by atoms with van der Waals surface area (Å²) in [4.78, 5) is 8.91. The molecule has 4 nitrogen and oxygen atoms in total. The highest BCUT2D eigenvalue weighted by atomic mass is 16.3. The molecule has 4 heteroatoms. The van der Waals surface area contributed by atoms with E-state index >= 15 is 0 Å². The Morgan fingerprint density at radius 2 is 2.05 bits per heavy atom. The molecule has 1 saturated carbocycles. The van der Waals surface area contributed by atoms with Gasteiger partial charge in [0.1, 0.15) is 0 Å². The fourth-order valence-electron chi connectivity index (χ4n) is 3.90. The average molecular weight is 283 g/mol. The first-order chi connectivity index (χ1) is 10.3. The Labute approximate surface area is 124 Å². The lowest BCUT2D eigenvalue weighted by molar-refractivity contribution is 0.105. The van der Waals surface area contributed by atoms with Crippen LogP contribution in [0.25, 0.3) is 11.3 Å². The number of aromatic nitrogens is 3. The van der Waals surface area contributed by atoms with Crippen LogP contribution in [0, 0.1) is 5.92 Å². The van der Waals surface area contributed by atoms with Gasteiger partial charge in [-0.05, 0) is 56.6 Å². The summed E-state index contributed by atoms with van der Waals surface area (Å²) in [5.74, 6) is 0.758. The highest BCUT2D eigenvalue weighted by Gasteiger charge is 2.30. The van der Waals surface area contributed by atoms with Gasteiger partial charge in [0.15, 0.2) is 0 Å². The molecule has 110 valence electrons. The maximum atomic E-state index is 9.62. The van der Waals surface area contributed by atoms with Crippen molar-refractivity contribution in [1.29, 1.82) is 0 Å². The summed E-state index contributed by atoms with van der Waals surface area (Å²) in [7, 11) is 0. The second-order valence-corrected chi connectivity index (χ2v) is 6.39. The van der Waals surface area contributed by atoms with Crippen molar-refractivity contribution in [2.45, 2.75) is 50.7 Å². The number of fused-ring (bicyclic) bond motifs is 3. The van der Waals surface area contributed by atoms with E-state index in [2.05, 4.69) is 20.6 Å². The Bertz CT molecular complexity index is 628. The molecule has 0 spiro atoms. The maximum Gasteiger partial charge on any atom is 0.0957 e. The van der Waals surface area contributed by atoms with Gasteiger partial charge in [0, 0.05) is 11.8 Å². The van der Waals surface area contributed by atoms with Crippen LogP contribution in [0.15, 0.2) is 30.9 Å². The molecule has 0 radical (unpaired) electrons. The minimum atomic E-state index is -0.0598. The molecule has 1 N–H and O–H groups in total. The van der Waals surface area contributed by atoms with Crippen molar-refractivity contribution >= 4 is 0 Å². The van der Waals surface area contributed by atoms with Crippen LogP contribution >= 0.6 is 0 Å². The molecule has 21 heavy (non-hydrogen) atoms. The topological polar surface area (TPSA) is 50.9 Å². The predicted octanol–water partition coefficient (Wildman–Crippen LogP) is 3.18. The van der Waals surface area contributed by atoms with E-state index in [1.165, 1.54) is 36.2 Å². The van der Waals surface area contributed by atoms with Crippen molar-refractivity contribution in [3.63, 3.8) is 0 Å². The van der Waals surface area contributed by atoms with Gasteiger partial charge in [0.05, 0.1) is 36.1 Å². The Morgan fingerprint density at radius 1 is 1.19 bits per heavy atom. The normalized spacial score (nSPS) is 27.4. The van der Waals surface area contributed by atoms with Gasteiger partial charge >= 0.3 is 0 Å². The summed E-state index contributed by atoms with van der Waals surface area (Å²) in [6.07, 6.45) is 12.3. The third-order valence-corrected chi connectivity index (χ3v) is 5.10. The van der Waals surface area contributed by atoms with Gasteiger partial charge in [-0.1, -0.05) is 0 Å². The summed E-state index contributed by atoms with van der Waals surface area (Å²) in [6, 6.07) is 4.49. The molecule has 0 saturated heterocycles. The van der Waals surface area contributed by atoms with E-state index in [-0.39, 0.29) is 6.10 Å². The molecule has 1 aliphatic carbocycles. The van der Waals surface area contributed by atoms with Crippen molar-refractivity contribution in [3.8, 4) is 11.3 Å². The highest BCUT2D eigenvalue weighted by Crippen LogP contribution is 2.41. The van der Waals surface area contributed by atoms with Crippen LogP contribution in [0.3, 0.4) is 0 Å². The fourth-order valence-corrected chi connectivity index (χ4v) is 3.90. The third kappa shape index (κ3) is 2.27. The molecule has 2 aromatic rings. The van der Waals surface area contributed by atoms with Crippen molar-refractivity contribution in [3.05, 3.63) is 36.5 Å². The zero-order valence-corrected chi connectivity index (χ0v) is 12.2. The highest BCUT2D eigenvalue weighted by molar-refractivity contribution is 5.66. The number of hydrogen-bond acceptors (Lipinski definition) is 3. The van der Waals surface area contributed by atoms with Crippen LogP contribution < -0.4 is 0 Å². The zero-order valence-electron chi connectivity index (χ0n) is 12.2. The smallest absolute Gasteiger partial charge is 0.0957 e. The monoisotopic (exact) mass is 283 g/mol. The molecule has 3 heterocycles. The van der Waals surface area contributed by atoms with Crippen molar-refractivity contribution in [2.75, 3.05) is 0 Å². The molecule has 2 aromatic heterocycles. The Kier molecular flexibility index (Phi) is 3.26. The van der Waals surface area contributed by atoms with Crippen LogP contribution in [-0.4, -0.2) is 25.7 Å². The number of aliphatic hydroxyl groups is 1.